The van der Waals surface area contributed by atoms with Crippen molar-refractivity contribution in [2.45, 2.75) is 40.0 Å². The van der Waals surface area contributed by atoms with Gasteiger partial charge in [-0.1, -0.05) is 51.3 Å². The van der Waals surface area contributed by atoms with E-state index in [1.165, 1.54) is 17.2 Å². The smallest absolute Gasteiger partial charge is 0.247 e. The molecule has 2 N–H and O–H groups in total. The van der Waals surface area contributed by atoms with Gasteiger partial charge in [0.25, 0.3) is 0 Å². The minimum Gasteiger partial charge on any atom is -0.356 e. The summed E-state index contributed by atoms with van der Waals surface area (Å²) in [7, 11) is 0. The number of hydrogen-bond acceptors (Lipinski definition) is 3. The first-order valence-electron chi connectivity index (χ1n) is 10.8. The minimum atomic E-state index is -0.206. The molecule has 0 atom stereocenters. The highest BCUT2D eigenvalue weighted by Gasteiger charge is 2.17. The third kappa shape index (κ3) is 6.60. The Labute approximate surface area is 181 Å². The van der Waals surface area contributed by atoms with E-state index in [0.29, 0.717) is 0 Å². The molecule has 160 valence electrons. The van der Waals surface area contributed by atoms with Gasteiger partial charge in [-0.25, -0.2) is 0 Å². The lowest BCUT2D eigenvalue weighted by Gasteiger charge is -2.20. The van der Waals surface area contributed by atoms with Gasteiger partial charge in [0.15, 0.2) is 0 Å². The second kappa shape index (κ2) is 12.0. The first-order valence-corrected chi connectivity index (χ1v) is 10.8. The number of hydrogen-bond donors (Lipinski definition) is 2. The van der Waals surface area contributed by atoms with E-state index >= 15 is 0 Å². The molecule has 0 aromatic heterocycles. The number of anilines is 2. The summed E-state index contributed by atoms with van der Waals surface area (Å²) in [6.07, 6.45) is 14.3. The van der Waals surface area contributed by atoms with Gasteiger partial charge < -0.3 is 15.5 Å². The maximum absolute atomic E-state index is 12.1. The number of aryl methyl sites for hydroxylation is 1. The van der Waals surface area contributed by atoms with E-state index in [-0.39, 0.29) is 5.91 Å². The Morgan fingerprint density at radius 2 is 1.97 bits per heavy atom. The fourth-order valence-corrected chi connectivity index (χ4v) is 3.58. The van der Waals surface area contributed by atoms with Crippen molar-refractivity contribution in [3.8, 4) is 0 Å². The van der Waals surface area contributed by atoms with Gasteiger partial charge in [-0.05, 0) is 68.2 Å². The molecule has 1 aliphatic heterocycles. The second-order valence-corrected chi connectivity index (χ2v) is 7.34. The van der Waals surface area contributed by atoms with Crippen LogP contribution in [-0.2, 0) is 11.2 Å². The molecular formula is C26H35N3O. The number of nitrogens with one attached hydrogen (secondary N) is 2. The first-order chi connectivity index (χ1) is 14.5. The number of nitrogens with zero attached hydrogens (tertiary/aromatic N) is 1. The lowest BCUT2D eigenvalue weighted by atomic mass is 9.95. The molecule has 0 spiro atoms. The van der Waals surface area contributed by atoms with Gasteiger partial charge in [-0.3, -0.25) is 4.79 Å². The summed E-state index contributed by atoms with van der Waals surface area (Å²) in [5.74, 6) is -0.206. The van der Waals surface area contributed by atoms with Gasteiger partial charge in [-0.2, -0.15) is 0 Å². The van der Waals surface area contributed by atoms with E-state index in [1.54, 1.807) is 0 Å². The van der Waals surface area contributed by atoms with Crippen LogP contribution >= 0.6 is 0 Å². The third-order valence-corrected chi connectivity index (χ3v) is 5.29. The van der Waals surface area contributed by atoms with Crippen molar-refractivity contribution in [3.63, 3.8) is 0 Å². The van der Waals surface area contributed by atoms with Crippen LogP contribution in [0.25, 0.3) is 5.57 Å². The zero-order chi connectivity index (χ0) is 21.9. The van der Waals surface area contributed by atoms with Crippen LogP contribution in [0.15, 0.2) is 67.4 Å². The van der Waals surface area contributed by atoms with Gasteiger partial charge in [0.05, 0.1) is 5.69 Å². The summed E-state index contributed by atoms with van der Waals surface area (Å²) in [6, 6.07) is 4.23. The molecule has 1 aromatic rings. The van der Waals surface area contributed by atoms with E-state index < -0.39 is 0 Å². The average molecular weight is 406 g/mol. The van der Waals surface area contributed by atoms with Gasteiger partial charge in [0.1, 0.15) is 0 Å². The molecule has 30 heavy (non-hydrogen) atoms. The van der Waals surface area contributed by atoms with Crippen molar-refractivity contribution in [2.75, 3.05) is 30.3 Å². The van der Waals surface area contributed by atoms with E-state index in [2.05, 4.69) is 54.7 Å². The van der Waals surface area contributed by atoms with Crippen molar-refractivity contribution in [1.82, 2.24) is 4.90 Å². The van der Waals surface area contributed by atoms with Crippen LogP contribution in [0.2, 0.25) is 0 Å². The van der Waals surface area contributed by atoms with Crippen LogP contribution in [0.1, 0.15) is 44.7 Å². The summed E-state index contributed by atoms with van der Waals surface area (Å²) in [5.41, 5.74) is 6.14. The highest BCUT2D eigenvalue weighted by Crippen LogP contribution is 2.34. The molecule has 2 rings (SSSR count). The van der Waals surface area contributed by atoms with Gasteiger partial charge in [0, 0.05) is 30.0 Å². The third-order valence-electron chi connectivity index (χ3n) is 5.29. The summed E-state index contributed by atoms with van der Waals surface area (Å²) in [4.78, 5) is 14.6. The second-order valence-electron chi connectivity index (χ2n) is 7.34. The van der Waals surface area contributed by atoms with Crippen molar-refractivity contribution >= 4 is 22.9 Å². The maximum Gasteiger partial charge on any atom is 0.247 e. The molecule has 0 bridgehead atoms. The van der Waals surface area contributed by atoms with Crippen LogP contribution in [0.4, 0.5) is 11.4 Å². The first kappa shape index (κ1) is 23.4. The molecule has 0 saturated carbocycles. The van der Waals surface area contributed by atoms with Crippen LogP contribution < -0.4 is 10.6 Å². The van der Waals surface area contributed by atoms with Crippen LogP contribution in [0.5, 0.6) is 0 Å². The fourth-order valence-electron chi connectivity index (χ4n) is 3.58. The number of benzene rings is 1. The Balaban J connectivity index is 2.43. The quantitative estimate of drug-likeness (QED) is 0.395. The summed E-state index contributed by atoms with van der Waals surface area (Å²) in [5, 5.41) is 6.40. The molecule has 1 aliphatic rings. The van der Waals surface area contributed by atoms with Crippen molar-refractivity contribution in [1.29, 1.82) is 0 Å². The van der Waals surface area contributed by atoms with Crippen LogP contribution in [0.3, 0.4) is 0 Å². The van der Waals surface area contributed by atoms with Crippen molar-refractivity contribution in [2.24, 2.45) is 0 Å². The molecule has 0 radical (unpaired) electrons. The maximum atomic E-state index is 12.1. The molecule has 1 aromatic carbocycles. The normalized spacial score (nSPS) is 15.1. The predicted octanol–water partition coefficient (Wildman–Crippen LogP) is 5.93. The highest BCUT2D eigenvalue weighted by atomic mass is 16.1. The Hall–Kier alpha value is -2.85. The summed E-state index contributed by atoms with van der Waals surface area (Å²) >= 11 is 0. The number of rotatable bonds is 9. The molecule has 1 amide bonds. The van der Waals surface area contributed by atoms with Gasteiger partial charge >= 0.3 is 0 Å². The SMILES string of the molecule is C=CC(=O)Nc1cc(NC(=C)/C=C\C=C/C)c(CC)cc1C1=CCCN(CC)CC1. The Morgan fingerprint density at radius 3 is 2.63 bits per heavy atom. The topological polar surface area (TPSA) is 44.4 Å². The van der Waals surface area contributed by atoms with Gasteiger partial charge in [0.2, 0.25) is 5.91 Å². The Kier molecular flexibility index (Phi) is 9.36. The summed E-state index contributed by atoms with van der Waals surface area (Å²) < 4.78 is 0. The molecular weight excluding hydrogens is 370 g/mol. The average Bonchev–Trinajstić information content (AvgIpc) is 2.99. The molecule has 0 aliphatic carbocycles. The van der Waals surface area contributed by atoms with Crippen molar-refractivity contribution < 1.29 is 4.79 Å². The number of carbonyl (C=O) groups excluding carboxylic acids is 1. The zero-order valence-electron chi connectivity index (χ0n) is 18.6. The largest absolute Gasteiger partial charge is 0.356 e. The van der Waals surface area contributed by atoms with E-state index in [0.717, 1.165) is 61.5 Å². The molecule has 1 heterocycles. The lowest BCUT2D eigenvalue weighted by Crippen LogP contribution is -2.24. The molecule has 0 fully saturated rings. The zero-order valence-corrected chi connectivity index (χ0v) is 18.6. The summed E-state index contributed by atoms with van der Waals surface area (Å²) in [6.45, 7) is 17.2. The minimum absolute atomic E-state index is 0.206. The highest BCUT2D eigenvalue weighted by molar-refractivity contribution is 6.01. The predicted molar refractivity (Wildman–Crippen MR) is 131 cm³/mol. The van der Waals surface area contributed by atoms with Crippen LogP contribution in [0, 0.1) is 0 Å². The standard InChI is InChI=1S/C26H35N3O/c1-6-10-11-13-20(5)27-24-19-25(28-26(30)8-3)23(18-21(24)7-2)22-14-12-16-29(9-4)17-15-22/h6,8,10-11,13-14,18-19,27H,3,5,7,9,12,15-17H2,1-2,4H3,(H,28,30)/b10-6-,13-11-. The number of allylic oxidation sites excluding steroid dienone is 4. The molecule has 0 unspecified atom stereocenters. The van der Waals surface area contributed by atoms with E-state index in [4.69, 9.17) is 0 Å². The Morgan fingerprint density at radius 1 is 1.17 bits per heavy atom. The molecule has 4 nitrogen and oxygen atoms in total. The monoisotopic (exact) mass is 405 g/mol. The van der Waals surface area contributed by atoms with Crippen molar-refractivity contribution in [3.05, 3.63) is 78.6 Å². The van der Waals surface area contributed by atoms with Gasteiger partial charge in [-0.15, -0.1) is 0 Å². The van der Waals surface area contributed by atoms with E-state index in [9.17, 15) is 4.79 Å². The number of amides is 1. The Bertz CT molecular complexity index is 861. The molecule has 0 saturated heterocycles. The lowest BCUT2D eigenvalue weighted by molar-refractivity contribution is -0.111. The van der Waals surface area contributed by atoms with E-state index in [1.807, 2.05) is 37.3 Å². The molecule has 4 heteroatoms. The van der Waals surface area contributed by atoms with Crippen LogP contribution in [-0.4, -0.2) is 30.4 Å². The fraction of sp³-hybridized carbons (Fsp3) is 0.346. The number of carbonyl (C=O) groups is 1.